The maximum Gasteiger partial charge on any atom is 0.228 e. The molecule has 1 amide bonds. The van der Waals surface area contributed by atoms with Crippen molar-refractivity contribution in [1.29, 1.82) is 0 Å². The number of halogens is 1. The molecule has 3 rings (SSSR count). The molecule has 6 heteroatoms. The van der Waals surface area contributed by atoms with Crippen molar-refractivity contribution in [2.24, 2.45) is 0 Å². The fourth-order valence-corrected chi connectivity index (χ4v) is 3.73. The zero-order valence-electron chi connectivity index (χ0n) is 12.7. The summed E-state index contributed by atoms with van der Waals surface area (Å²) < 4.78 is 13.3. The first-order valence-corrected chi connectivity index (χ1v) is 8.66. The van der Waals surface area contributed by atoms with Crippen LogP contribution in [0.15, 0.2) is 29.6 Å². The number of carbonyl (C=O) groups is 1. The summed E-state index contributed by atoms with van der Waals surface area (Å²) >= 11 is 1.41. The molecule has 1 aliphatic heterocycles. The van der Waals surface area contributed by atoms with Gasteiger partial charge in [0, 0.05) is 17.5 Å². The molecule has 4 nitrogen and oxygen atoms in total. The number of carbonyl (C=O) groups excluding carboxylic acids is 1. The van der Waals surface area contributed by atoms with Gasteiger partial charge in [-0.25, -0.2) is 9.37 Å². The van der Waals surface area contributed by atoms with E-state index in [9.17, 15) is 14.3 Å². The fourth-order valence-electron chi connectivity index (χ4n) is 2.92. The van der Waals surface area contributed by atoms with Crippen LogP contribution in [0.5, 0.6) is 0 Å². The molecular formula is C17H19FN2O2S. The molecular weight excluding hydrogens is 315 g/mol. The summed E-state index contributed by atoms with van der Waals surface area (Å²) in [5.41, 5.74) is 1.42. The van der Waals surface area contributed by atoms with Crippen molar-refractivity contribution in [1.82, 2.24) is 9.88 Å². The van der Waals surface area contributed by atoms with Gasteiger partial charge in [0.15, 0.2) is 0 Å². The van der Waals surface area contributed by atoms with Gasteiger partial charge in [-0.05, 0) is 31.4 Å². The van der Waals surface area contributed by atoms with E-state index in [0.29, 0.717) is 17.2 Å². The Morgan fingerprint density at radius 3 is 3.09 bits per heavy atom. The van der Waals surface area contributed by atoms with Gasteiger partial charge in [-0.2, -0.15) is 0 Å². The van der Waals surface area contributed by atoms with Crippen LogP contribution in [0, 0.1) is 5.82 Å². The molecule has 23 heavy (non-hydrogen) atoms. The van der Waals surface area contributed by atoms with Crippen molar-refractivity contribution in [3.63, 3.8) is 0 Å². The molecule has 122 valence electrons. The number of aromatic nitrogens is 1. The molecule has 1 aliphatic rings. The van der Waals surface area contributed by atoms with E-state index < -0.39 is 0 Å². The van der Waals surface area contributed by atoms with Gasteiger partial charge in [0.1, 0.15) is 10.8 Å². The third-order valence-corrected chi connectivity index (χ3v) is 5.05. The van der Waals surface area contributed by atoms with E-state index in [4.69, 9.17) is 0 Å². The van der Waals surface area contributed by atoms with E-state index in [0.717, 1.165) is 24.8 Å². The number of nitrogens with zero attached hydrogens (tertiary/aromatic N) is 2. The van der Waals surface area contributed by atoms with Crippen molar-refractivity contribution < 1.29 is 14.3 Å². The quantitative estimate of drug-likeness (QED) is 0.935. The predicted molar refractivity (Wildman–Crippen MR) is 87.6 cm³/mol. The number of aliphatic hydroxyl groups is 1. The Morgan fingerprint density at radius 2 is 2.30 bits per heavy atom. The van der Waals surface area contributed by atoms with Crippen molar-refractivity contribution in [2.45, 2.75) is 31.7 Å². The number of hydrogen-bond acceptors (Lipinski definition) is 4. The number of thiazole rings is 1. The molecule has 0 saturated carbocycles. The summed E-state index contributed by atoms with van der Waals surface area (Å²) in [5.74, 6) is -0.297. The predicted octanol–water partition coefficient (Wildman–Crippen LogP) is 2.87. The highest BCUT2D eigenvalue weighted by Crippen LogP contribution is 2.25. The van der Waals surface area contributed by atoms with Crippen LogP contribution in [0.4, 0.5) is 4.39 Å². The van der Waals surface area contributed by atoms with Gasteiger partial charge in [-0.15, -0.1) is 11.3 Å². The maximum absolute atomic E-state index is 13.3. The van der Waals surface area contributed by atoms with Crippen LogP contribution in [-0.2, 0) is 11.2 Å². The van der Waals surface area contributed by atoms with Gasteiger partial charge in [-0.1, -0.05) is 12.1 Å². The number of likely N-dealkylation sites (tertiary alicyclic amines) is 1. The van der Waals surface area contributed by atoms with Crippen molar-refractivity contribution in [3.05, 3.63) is 41.2 Å². The minimum Gasteiger partial charge on any atom is -0.394 e. The highest BCUT2D eigenvalue weighted by Gasteiger charge is 2.26. The number of amides is 1. The first-order valence-electron chi connectivity index (χ1n) is 7.78. The number of rotatable bonds is 4. The molecule has 0 spiro atoms. The Hall–Kier alpha value is -1.79. The normalized spacial score (nSPS) is 18.2. The maximum atomic E-state index is 13.3. The Balaban J connectivity index is 1.70. The second kappa shape index (κ2) is 7.19. The number of aliphatic hydroxyl groups excluding tert-OH is 1. The summed E-state index contributed by atoms with van der Waals surface area (Å²) in [7, 11) is 0. The molecule has 1 saturated heterocycles. The summed E-state index contributed by atoms with van der Waals surface area (Å²) in [5, 5.41) is 12.0. The lowest BCUT2D eigenvalue weighted by Crippen LogP contribution is -2.46. The number of piperidine rings is 1. The molecule has 1 fully saturated rings. The number of benzene rings is 1. The highest BCUT2D eigenvalue weighted by atomic mass is 32.1. The van der Waals surface area contributed by atoms with Crippen LogP contribution in [-0.4, -0.2) is 40.1 Å². The van der Waals surface area contributed by atoms with E-state index in [-0.39, 0.29) is 30.8 Å². The van der Waals surface area contributed by atoms with E-state index in [1.165, 1.54) is 23.5 Å². The van der Waals surface area contributed by atoms with Crippen LogP contribution in [0.1, 0.15) is 25.0 Å². The van der Waals surface area contributed by atoms with Gasteiger partial charge in [0.25, 0.3) is 0 Å². The summed E-state index contributed by atoms with van der Waals surface area (Å²) in [4.78, 5) is 18.7. The third-order valence-electron chi connectivity index (χ3n) is 4.11. The van der Waals surface area contributed by atoms with E-state index in [1.54, 1.807) is 17.0 Å². The lowest BCUT2D eigenvalue weighted by atomic mass is 10.0. The van der Waals surface area contributed by atoms with Crippen LogP contribution in [0.25, 0.3) is 10.6 Å². The largest absolute Gasteiger partial charge is 0.394 e. The van der Waals surface area contributed by atoms with E-state index in [2.05, 4.69) is 4.98 Å². The Morgan fingerprint density at radius 1 is 1.43 bits per heavy atom. The first-order chi connectivity index (χ1) is 11.2. The minimum atomic E-state index is -0.297. The van der Waals surface area contributed by atoms with Crippen molar-refractivity contribution in [3.8, 4) is 10.6 Å². The third kappa shape index (κ3) is 3.76. The molecule has 1 aromatic carbocycles. The molecule has 1 atom stereocenters. The van der Waals surface area contributed by atoms with Gasteiger partial charge in [0.2, 0.25) is 5.91 Å². The van der Waals surface area contributed by atoms with Crippen LogP contribution in [0.2, 0.25) is 0 Å². The van der Waals surface area contributed by atoms with Gasteiger partial charge >= 0.3 is 0 Å². The molecule has 2 aromatic rings. The zero-order chi connectivity index (χ0) is 16.2. The lowest BCUT2D eigenvalue weighted by Gasteiger charge is -2.34. The van der Waals surface area contributed by atoms with Crippen LogP contribution >= 0.6 is 11.3 Å². The van der Waals surface area contributed by atoms with E-state index >= 15 is 0 Å². The molecule has 0 bridgehead atoms. The monoisotopic (exact) mass is 334 g/mol. The van der Waals surface area contributed by atoms with Gasteiger partial charge in [0.05, 0.1) is 24.8 Å². The van der Waals surface area contributed by atoms with Crippen LogP contribution in [0.3, 0.4) is 0 Å². The van der Waals surface area contributed by atoms with E-state index in [1.807, 2.05) is 5.38 Å². The standard InChI is InChI=1S/C17H19FN2O2S/c18-13-5-3-4-12(8-13)17-19-14(11-23-17)9-16(22)20-7-2-1-6-15(20)10-21/h3-5,8,11,15,21H,1-2,6-7,9-10H2/t15-/m1/s1. The topological polar surface area (TPSA) is 53.4 Å². The second-order valence-corrected chi connectivity index (χ2v) is 6.61. The smallest absolute Gasteiger partial charge is 0.228 e. The summed E-state index contributed by atoms with van der Waals surface area (Å²) in [6.45, 7) is 0.711. The van der Waals surface area contributed by atoms with Gasteiger partial charge in [-0.3, -0.25) is 4.79 Å². The average molecular weight is 334 g/mol. The fraction of sp³-hybridized carbons (Fsp3) is 0.412. The van der Waals surface area contributed by atoms with Gasteiger partial charge < -0.3 is 10.0 Å². The lowest BCUT2D eigenvalue weighted by molar-refractivity contribution is -0.135. The zero-order valence-corrected chi connectivity index (χ0v) is 13.6. The second-order valence-electron chi connectivity index (χ2n) is 5.75. The minimum absolute atomic E-state index is 0.000146. The SMILES string of the molecule is O=C(Cc1csc(-c2cccc(F)c2)n1)N1CCCC[C@@H]1CO. The summed E-state index contributed by atoms with van der Waals surface area (Å²) in [6.07, 6.45) is 3.11. The average Bonchev–Trinajstić information content (AvgIpc) is 3.03. The van der Waals surface area contributed by atoms with Crippen molar-refractivity contribution in [2.75, 3.05) is 13.2 Å². The molecule has 0 radical (unpaired) electrons. The molecule has 0 unspecified atom stereocenters. The molecule has 1 N–H and O–H groups in total. The summed E-state index contributed by atoms with van der Waals surface area (Å²) in [6, 6.07) is 6.22. The first kappa shape index (κ1) is 16.1. The van der Waals surface area contributed by atoms with Crippen molar-refractivity contribution >= 4 is 17.2 Å². The Labute approximate surface area is 138 Å². The Bertz CT molecular complexity index is 689. The molecule has 1 aromatic heterocycles. The molecule has 0 aliphatic carbocycles. The number of hydrogen-bond donors (Lipinski definition) is 1. The molecule has 2 heterocycles. The Kier molecular flexibility index (Phi) is 5.03. The highest BCUT2D eigenvalue weighted by molar-refractivity contribution is 7.13. The van der Waals surface area contributed by atoms with Crippen LogP contribution < -0.4 is 0 Å².